The summed E-state index contributed by atoms with van der Waals surface area (Å²) in [6.45, 7) is 10.4. The number of rotatable bonds is 9. The second-order valence-corrected chi connectivity index (χ2v) is 4.38. The molecule has 14 heavy (non-hydrogen) atoms. The first-order valence-electron chi connectivity index (χ1n) is 6.08. The predicted octanol–water partition coefficient (Wildman–Crippen LogP) is 4.25. The molecule has 0 aromatic heterocycles. The van der Waals surface area contributed by atoms with E-state index in [0.717, 1.165) is 5.70 Å². The van der Waals surface area contributed by atoms with Crippen LogP contribution in [0.25, 0.3) is 0 Å². The molecule has 0 fully saturated rings. The lowest BCUT2D eigenvalue weighted by atomic mass is 10.1. The normalized spacial score (nSPS) is 12.5. The first kappa shape index (κ1) is 13.5. The number of hydrogen-bond acceptors (Lipinski definition) is 1. The summed E-state index contributed by atoms with van der Waals surface area (Å²) < 4.78 is 0. The van der Waals surface area contributed by atoms with Gasteiger partial charge in [-0.25, -0.2) is 0 Å². The summed E-state index contributed by atoms with van der Waals surface area (Å²) in [5.41, 5.74) is 1.09. The molecule has 0 saturated heterocycles. The summed E-state index contributed by atoms with van der Waals surface area (Å²) in [5.74, 6) is 0. The Morgan fingerprint density at radius 3 is 2.29 bits per heavy atom. The van der Waals surface area contributed by atoms with Gasteiger partial charge in [0.1, 0.15) is 0 Å². The van der Waals surface area contributed by atoms with E-state index in [1.54, 1.807) is 0 Å². The van der Waals surface area contributed by atoms with E-state index in [-0.39, 0.29) is 0 Å². The number of unbranched alkanes of at least 4 members (excludes halogenated alkanes) is 5. The topological polar surface area (TPSA) is 12.0 Å². The van der Waals surface area contributed by atoms with Gasteiger partial charge >= 0.3 is 0 Å². The Labute approximate surface area is 90.0 Å². The Kier molecular flexibility index (Phi) is 8.81. The third-order valence-corrected chi connectivity index (χ3v) is 2.48. The van der Waals surface area contributed by atoms with Crippen LogP contribution in [0.2, 0.25) is 0 Å². The zero-order valence-electron chi connectivity index (χ0n) is 10.2. The molecule has 0 aliphatic rings. The molecule has 0 aliphatic heterocycles. The minimum Gasteiger partial charge on any atom is -0.387 e. The lowest BCUT2D eigenvalue weighted by Gasteiger charge is -2.14. The molecule has 84 valence electrons. The van der Waals surface area contributed by atoms with Crippen molar-refractivity contribution in [1.82, 2.24) is 5.32 Å². The number of nitrogens with one attached hydrogen (secondary N) is 1. The third-order valence-electron chi connectivity index (χ3n) is 2.48. The van der Waals surface area contributed by atoms with Crippen LogP contribution in [0.4, 0.5) is 0 Å². The molecular formula is C13H27N. The Morgan fingerprint density at radius 1 is 1.14 bits per heavy atom. The highest BCUT2D eigenvalue weighted by atomic mass is 14.9. The highest BCUT2D eigenvalue weighted by Gasteiger charge is 1.99. The molecule has 1 nitrogen and oxygen atoms in total. The van der Waals surface area contributed by atoms with Gasteiger partial charge in [0.2, 0.25) is 0 Å². The fourth-order valence-electron chi connectivity index (χ4n) is 1.72. The van der Waals surface area contributed by atoms with Crippen molar-refractivity contribution >= 4 is 0 Å². The van der Waals surface area contributed by atoms with Crippen LogP contribution < -0.4 is 5.32 Å². The maximum Gasteiger partial charge on any atom is 0.0229 e. The fraction of sp³-hybridized carbons (Fsp3) is 0.846. The molecule has 0 heterocycles. The van der Waals surface area contributed by atoms with Crippen LogP contribution >= 0.6 is 0 Å². The molecule has 1 N–H and O–H groups in total. The smallest absolute Gasteiger partial charge is 0.0229 e. The standard InChI is InChI=1S/C13H27N/c1-5-6-7-8-9-10-11-13(4)14-12(2)3/h13-14H,2,5-11H2,1,3-4H3. The van der Waals surface area contributed by atoms with Gasteiger partial charge in [0.25, 0.3) is 0 Å². The average Bonchev–Trinajstić information content (AvgIpc) is 2.10. The molecule has 1 unspecified atom stereocenters. The molecule has 0 aromatic rings. The highest BCUT2D eigenvalue weighted by Crippen LogP contribution is 2.08. The Bertz CT molecular complexity index is 140. The molecule has 0 amide bonds. The van der Waals surface area contributed by atoms with Gasteiger partial charge in [-0.2, -0.15) is 0 Å². The van der Waals surface area contributed by atoms with E-state index in [0.29, 0.717) is 6.04 Å². The van der Waals surface area contributed by atoms with Crippen molar-refractivity contribution in [3.8, 4) is 0 Å². The van der Waals surface area contributed by atoms with Crippen LogP contribution in [-0.4, -0.2) is 6.04 Å². The summed E-state index contributed by atoms with van der Waals surface area (Å²) in [7, 11) is 0. The highest BCUT2D eigenvalue weighted by molar-refractivity contribution is 4.86. The second kappa shape index (κ2) is 9.11. The Hall–Kier alpha value is -0.460. The third kappa shape index (κ3) is 9.63. The molecule has 1 heteroatoms. The molecule has 0 spiro atoms. The molecule has 0 saturated carbocycles. The van der Waals surface area contributed by atoms with Crippen LogP contribution in [-0.2, 0) is 0 Å². The van der Waals surface area contributed by atoms with Crippen molar-refractivity contribution in [2.75, 3.05) is 0 Å². The van der Waals surface area contributed by atoms with Crippen LogP contribution in [0.15, 0.2) is 12.3 Å². The molecule has 0 radical (unpaired) electrons. The minimum absolute atomic E-state index is 0.596. The summed E-state index contributed by atoms with van der Waals surface area (Å²) in [6, 6.07) is 0.596. The van der Waals surface area contributed by atoms with E-state index in [9.17, 15) is 0 Å². The van der Waals surface area contributed by atoms with E-state index >= 15 is 0 Å². The monoisotopic (exact) mass is 197 g/mol. The lowest BCUT2D eigenvalue weighted by molar-refractivity contribution is 0.512. The van der Waals surface area contributed by atoms with Gasteiger partial charge in [0.05, 0.1) is 0 Å². The van der Waals surface area contributed by atoms with E-state index in [4.69, 9.17) is 0 Å². The number of allylic oxidation sites excluding steroid dienone is 1. The predicted molar refractivity (Wildman–Crippen MR) is 65.4 cm³/mol. The molecule has 0 aliphatic carbocycles. The van der Waals surface area contributed by atoms with Crippen molar-refractivity contribution in [1.29, 1.82) is 0 Å². The van der Waals surface area contributed by atoms with Crippen molar-refractivity contribution < 1.29 is 0 Å². The number of hydrogen-bond donors (Lipinski definition) is 1. The van der Waals surface area contributed by atoms with Crippen LogP contribution in [0.5, 0.6) is 0 Å². The first-order valence-corrected chi connectivity index (χ1v) is 6.08. The van der Waals surface area contributed by atoms with Crippen LogP contribution in [0.3, 0.4) is 0 Å². The second-order valence-electron chi connectivity index (χ2n) is 4.38. The van der Waals surface area contributed by atoms with E-state index in [1.165, 1.54) is 44.9 Å². The van der Waals surface area contributed by atoms with Gasteiger partial charge in [-0.1, -0.05) is 52.0 Å². The van der Waals surface area contributed by atoms with E-state index in [2.05, 4.69) is 25.7 Å². The van der Waals surface area contributed by atoms with E-state index in [1.807, 2.05) is 6.92 Å². The van der Waals surface area contributed by atoms with Crippen molar-refractivity contribution in [2.45, 2.75) is 71.8 Å². The molecule has 0 aromatic carbocycles. The summed E-state index contributed by atoms with van der Waals surface area (Å²) >= 11 is 0. The van der Waals surface area contributed by atoms with Crippen molar-refractivity contribution in [3.05, 3.63) is 12.3 Å². The quantitative estimate of drug-likeness (QED) is 0.545. The van der Waals surface area contributed by atoms with Crippen LogP contribution in [0.1, 0.15) is 65.7 Å². The van der Waals surface area contributed by atoms with Crippen LogP contribution in [0, 0.1) is 0 Å². The zero-order valence-corrected chi connectivity index (χ0v) is 10.2. The fourth-order valence-corrected chi connectivity index (χ4v) is 1.72. The van der Waals surface area contributed by atoms with Gasteiger partial charge in [0.15, 0.2) is 0 Å². The molecule has 0 rings (SSSR count). The summed E-state index contributed by atoms with van der Waals surface area (Å²) in [4.78, 5) is 0. The maximum absolute atomic E-state index is 3.85. The molecule has 0 bridgehead atoms. The molecule has 1 atom stereocenters. The lowest BCUT2D eigenvalue weighted by Crippen LogP contribution is -2.23. The first-order chi connectivity index (χ1) is 6.66. The minimum atomic E-state index is 0.596. The van der Waals surface area contributed by atoms with Gasteiger partial charge in [-0.05, 0) is 20.3 Å². The van der Waals surface area contributed by atoms with Gasteiger partial charge in [-0.3, -0.25) is 0 Å². The Balaban J connectivity index is 3.14. The average molecular weight is 197 g/mol. The zero-order chi connectivity index (χ0) is 10.8. The van der Waals surface area contributed by atoms with Crippen molar-refractivity contribution in [2.24, 2.45) is 0 Å². The largest absolute Gasteiger partial charge is 0.387 e. The van der Waals surface area contributed by atoms with Gasteiger partial charge in [0, 0.05) is 11.7 Å². The Morgan fingerprint density at radius 2 is 1.71 bits per heavy atom. The summed E-state index contributed by atoms with van der Waals surface area (Å²) in [6.07, 6.45) is 9.59. The van der Waals surface area contributed by atoms with Gasteiger partial charge in [-0.15, -0.1) is 0 Å². The SMILES string of the molecule is C=C(C)NC(C)CCCCCCCC. The molecular weight excluding hydrogens is 170 g/mol. The van der Waals surface area contributed by atoms with Gasteiger partial charge < -0.3 is 5.32 Å². The maximum atomic E-state index is 3.85. The summed E-state index contributed by atoms with van der Waals surface area (Å²) in [5, 5.41) is 3.35. The van der Waals surface area contributed by atoms with Crippen molar-refractivity contribution in [3.63, 3.8) is 0 Å². The van der Waals surface area contributed by atoms with E-state index < -0.39 is 0 Å².